The number of amides is 1. The molecule has 0 saturated heterocycles. The van der Waals surface area contributed by atoms with Crippen LogP contribution in [-0.2, 0) is 19.2 Å². The van der Waals surface area contributed by atoms with E-state index in [0.29, 0.717) is 13.1 Å². The summed E-state index contributed by atoms with van der Waals surface area (Å²) in [4.78, 5) is 46.4. The second-order valence-corrected chi connectivity index (χ2v) is 10.0. The van der Waals surface area contributed by atoms with Gasteiger partial charge in [0.15, 0.2) is 11.6 Å². The van der Waals surface area contributed by atoms with Gasteiger partial charge in [0.25, 0.3) is 0 Å². The minimum absolute atomic E-state index is 0.00230. The molecule has 6 N–H and O–H groups in total. The van der Waals surface area contributed by atoms with Crippen molar-refractivity contribution >= 4 is 23.4 Å². The summed E-state index contributed by atoms with van der Waals surface area (Å²) >= 11 is 0. The van der Waals surface area contributed by atoms with Gasteiger partial charge in [0.05, 0.1) is 12.0 Å². The van der Waals surface area contributed by atoms with Crippen molar-refractivity contribution < 1.29 is 39.8 Å². The Labute approximate surface area is 213 Å². The molecule has 210 valence electrons. The van der Waals surface area contributed by atoms with Crippen LogP contribution in [0.3, 0.4) is 0 Å². The lowest BCUT2D eigenvalue weighted by molar-refractivity contribution is -0.143. The number of nitrogens with zero attached hydrogens (tertiary/aromatic N) is 2. The van der Waals surface area contributed by atoms with Gasteiger partial charge in [-0.2, -0.15) is 10.1 Å². The van der Waals surface area contributed by atoms with Crippen molar-refractivity contribution in [3.8, 4) is 0 Å². The molecule has 0 aromatic heterocycles. The highest BCUT2D eigenvalue weighted by atomic mass is 16.5. The molecule has 0 atom stereocenters. The van der Waals surface area contributed by atoms with Gasteiger partial charge in [-0.25, -0.2) is 0 Å². The monoisotopic (exact) mass is 518 g/mol. The van der Waals surface area contributed by atoms with Crippen molar-refractivity contribution in [3.05, 3.63) is 0 Å². The molecule has 12 heteroatoms. The van der Waals surface area contributed by atoms with E-state index >= 15 is 0 Å². The van der Waals surface area contributed by atoms with E-state index in [1.165, 1.54) is 13.8 Å². The molecule has 0 heterocycles. The Kier molecular flexibility index (Phi) is 16.5. The topological polar surface area (TPSA) is 180 Å². The molecule has 0 aromatic rings. The fourth-order valence-electron chi connectivity index (χ4n) is 3.18. The molecule has 12 nitrogen and oxygen atoms in total. The summed E-state index contributed by atoms with van der Waals surface area (Å²) in [5.74, 6) is -1.63. The number of nitrogens with one attached hydrogen (secondary N) is 2. The van der Waals surface area contributed by atoms with Crippen molar-refractivity contribution in [3.63, 3.8) is 0 Å². The molecule has 0 radical (unpaired) electrons. The molecule has 0 rings (SSSR count). The third kappa shape index (κ3) is 17.5. The van der Waals surface area contributed by atoms with Crippen LogP contribution in [0.1, 0.15) is 79.1 Å². The van der Waals surface area contributed by atoms with Crippen molar-refractivity contribution in [2.24, 2.45) is 0 Å². The van der Waals surface area contributed by atoms with E-state index in [9.17, 15) is 34.7 Å². The van der Waals surface area contributed by atoms with E-state index in [1.54, 1.807) is 13.8 Å². The normalized spacial score (nSPS) is 12.2. The molecule has 0 bridgehead atoms. The molecule has 0 aliphatic carbocycles. The van der Waals surface area contributed by atoms with Gasteiger partial charge in [0.2, 0.25) is 5.91 Å². The summed E-state index contributed by atoms with van der Waals surface area (Å²) in [5, 5.41) is 45.3. The summed E-state index contributed by atoms with van der Waals surface area (Å²) < 4.78 is 0. The van der Waals surface area contributed by atoms with Crippen LogP contribution in [0.25, 0.3) is 0 Å². The largest absolute Gasteiger partial charge is 0.481 e. The second kappa shape index (κ2) is 17.5. The number of aliphatic hydroxyl groups is 1. The molecule has 0 saturated carbocycles. The standard InChI is InChI=1S/C24H46N4O8/c1-23(2,19(29)9-15-28(36)18-12-22(32)33)26-14-8-6-5-7-13-25-21(31)11-17-27(35)16-10-20(30)24(3,4)34/h26,34-36H,5-18H2,1-4H3,(H,25,31)(H,32,33). The van der Waals surface area contributed by atoms with Crippen LogP contribution in [-0.4, -0.2) is 105 Å². The average molecular weight is 519 g/mol. The Morgan fingerprint density at radius 1 is 0.694 bits per heavy atom. The number of hydroxylamine groups is 4. The van der Waals surface area contributed by atoms with Crippen LogP contribution in [0, 0.1) is 0 Å². The van der Waals surface area contributed by atoms with Gasteiger partial charge in [-0.05, 0) is 47.1 Å². The Hall–Kier alpha value is -1.96. The smallest absolute Gasteiger partial charge is 0.304 e. The van der Waals surface area contributed by atoms with Crippen molar-refractivity contribution in [1.82, 2.24) is 20.8 Å². The van der Waals surface area contributed by atoms with Crippen molar-refractivity contribution in [1.29, 1.82) is 0 Å². The molecule has 0 aromatic carbocycles. The van der Waals surface area contributed by atoms with Crippen LogP contribution < -0.4 is 10.6 Å². The predicted molar refractivity (Wildman–Crippen MR) is 133 cm³/mol. The molecule has 1 amide bonds. The number of rotatable bonds is 22. The first-order chi connectivity index (χ1) is 16.6. The van der Waals surface area contributed by atoms with Crippen LogP contribution in [0.4, 0.5) is 0 Å². The maximum Gasteiger partial charge on any atom is 0.304 e. The van der Waals surface area contributed by atoms with Crippen LogP contribution >= 0.6 is 0 Å². The highest BCUT2D eigenvalue weighted by Gasteiger charge is 2.26. The minimum atomic E-state index is -1.43. The minimum Gasteiger partial charge on any atom is -0.481 e. The zero-order chi connectivity index (χ0) is 27.8. The van der Waals surface area contributed by atoms with E-state index in [4.69, 9.17) is 5.11 Å². The summed E-state index contributed by atoms with van der Waals surface area (Å²) in [5.41, 5.74) is -2.18. The first-order valence-electron chi connectivity index (χ1n) is 12.5. The van der Waals surface area contributed by atoms with E-state index in [1.807, 2.05) is 0 Å². The number of ketones is 2. The fraction of sp³-hybridized carbons (Fsp3) is 0.833. The summed E-state index contributed by atoms with van der Waals surface area (Å²) in [6.07, 6.45) is 3.52. The number of carbonyl (C=O) groups excluding carboxylic acids is 3. The lowest BCUT2D eigenvalue weighted by atomic mass is 9.96. The number of hydrogen-bond donors (Lipinski definition) is 6. The average Bonchev–Trinajstić information content (AvgIpc) is 2.78. The van der Waals surface area contributed by atoms with Gasteiger partial charge >= 0.3 is 5.97 Å². The van der Waals surface area contributed by atoms with Gasteiger partial charge in [-0.15, -0.1) is 0 Å². The van der Waals surface area contributed by atoms with Crippen LogP contribution in [0.2, 0.25) is 0 Å². The lowest BCUT2D eigenvalue weighted by Crippen LogP contribution is -2.48. The Balaban J connectivity index is 3.83. The highest BCUT2D eigenvalue weighted by Crippen LogP contribution is 2.09. The van der Waals surface area contributed by atoms with E-state index in [2.05, 4.69) is 10.6 Å². The maximum atomic E-state index is 12.4. The Bertz CT molecular complexity index is 694. The number of carboxylic acid groups (broad SMARTS) is 1. The predicted octanol–water partition coefficient (Wildman–Crippen LogP) is 0.968. The van der Waals surface area contributed by atoms with E-state index in [0.717, 1.165) is 35.8 Å². The van der Waals surface area contributed by atoms with E-state index in [-0.39, 0.29) is 69.3 Å². The number of unbranched alkanes of at least 4 members (excludes halogenated alkanes) is 3. The maximum absolute atomic E-state index is 12.4. The molecule has 0 spiro atoms. The van der Waals surface area contributed by atoms with Crippen molar-refractivity contribution in [2.75, 3.05) is 39.3 Å². The molecular weight excluding hydrogens is 472 g/mol. The molecule has 0 aliphatic rings. The lowest BCUT2D eigenvalue weighted by Gasteiger charge is -2.26. The fourth-order valence-corrected chi connectivity index (χ4v) is 3.18. The first-order valence-corrected chi connectivity index (χ1v) is 12.5. The number of Topliss-reactive ketones (excluding diaryl/α,β-unsaturated/α-hetero) is 2. The van der Waals surface area contributed by atoms with Gasteiger partial charge in [-0.3, -0.25) is 19.2 Å². The number of aliphatic carboxylic acids is 1. The van der Waals surface area contributed by atoms with Gasteiger partial charge in [0.1, 0.15) is 5.60 Å². The zero-order valence-electron chi connectivity index (χ0n) is 22.2. The Morgan fingerprint density at radius 3 is 1.69 bits per heavy atom. The Morgan fingerprint density at radius 2 is 1.17 bits per heavy atom. The summed E-state index contributed by atoms with van der Waals surface area (Å²) in [7, 11) is 0. The van der Waals surface area contributed by atoms with Crippen LogP contribution in [0.15, 0.2) is 0 Å². The molecule has 0 unspecified atom stereocenters. The second-order valence-electron chi connectivity index (χ2n) is 10.0. The van der Waals surface area contributed by atoms with Crippen LogP contribution in [0.5, 0.6) is 0 Å². The van der Waals surface area contributed by atoms with Crippen molar-refractivity contribution in [2.45, 2.75) is 90.2 Å². The molecule has 0 fully saturated rings. The summed E-state index contributed by atoms with van der Waals surface area (Å²) in [6.45, 7) is 7.74. The summed E-state index contributed by atoms with van der Waals surface area (Å²) in [6, 6.07) is 0. The third-order valence-electron chi connectivity index (χ3n) is 5.75. The first kappa shape index (κ1) is 34.0. The zero-order valence-corrected chi connectivity index (χ0v) is 22.2. The molecule has 36 heavy (non-hydrogen) atoms. The van der Waals surface area contributed by atoms with Gasteiger partial charge in [0, 0.05) is 52.0 Å². The molecule has 0 aliphatic heterocycles. The van der Waals surface area contributed by atoms with E-state index < -0.39 is 17.1 Å². The van der Waals surface area contributed by atoms with Gasteiger partial charge in [-0.1, -0.05) is 12.8 Å². The number of hydrogen-bond acceptors (Lipinski definition) is 10. The number of carbonyl (C=O) groups is 4. The quantitative estimate of drug-likeness (QED) is 0.0888. The number of carboxylic acids is 1. The molecular formula is C24H46N4O8. The third-order valence-corrected chi connectivity index (χ3v) is 5.75. The highest BCUT2D eigenvalue weighted by molar-refractivity contribution is 5.87. The van der Waals surface area contributed by atoms with Gasteiger partial charge < -0.3 is 31.3 Å². The SMILES string of the molecule is CC(C)(O)C(=O)CCN(O)CCC(=O)NCCCCCCNC(C)(C)C(=O)CCN(O)CCC(=O)O.